The third-order valence-corrected chi connectivity index (χ3v) is 4.34. The molecule has 1 aliphatic rings. The van der Waals surface area contributed by atoms with E-state index in [1.54, 1.807) is 23.2 Å². The monoisotopic (exact) mass is 342 g/mol. The number of carbonyl (C=O) groups excluding carboxylic acids is 1. The lowest BCUT2D eigenvalue weighted by Crippen LogP contribution is -2.50. The number of carbonyl (C=O) groups is 1. The molecule has 0 saturated carbocycles. The van der Waals surface area contributed by atoms with Crippen molar-refractivity contribution in [3.05, 3.63) is 52.6 Å². The lowest BCUT2D eigenvalue weighted by atomic mass is 10.3. The maximum absolute atomic E-state index is 12.5. The molecule has 0 bridgehead atoms. The summed E-state index contributed by atoms with van der Waals surface area (Å²) < 4.78 is 6.40. The van der Waals surface area contributed by atoms with Crippen LogP contribution in [0.15, 0.2) is 41.3 Å². The van der Waals surface area contributed by atoms with Gasteiger partial charge in [0.05, 0.1) is 7.11 Å². The highest BCUT2D eigenvalue weighted by atomic mass is 16.5. The summed E-state index contributed by atoms with van der Waals surface area (Å²) in [6.45, 7) is 4.69. The van der Waals surface area contributed by atoms with Gasteiger partial charge in [-0.1, -0.05) is 6.07 Å². The lowest BCUT2D eigenvalue weighted by Gasteiger charge is -2.35. The van der Waals surface area contributed by atoms with Crippen LogP contribution in [0.25, 0.3) is 0 Å². The Morgan fingerprint density at radius 2 is 1.92 bits per heavy atom. The summed E-state index contributed by atoms with van der Waals surface area (Å²) in [7, 11) is 1.45. The molecule has 1 fully saturated rings. The van der Waals surface area contributed by atoms with Gasteiger partial charge < -0.3 is 19.1 Å². The lowest BCUT2D eigenvalue weighted by molar-refractivity contribution is -0.132. The number of aromatic nitrogens is 2. The van der Waals surface area contributed by atoms with Crippen molar-refractivity contribution in [1.29, 1.82) is 0 Å². The van der Waals surface area contributed by atoms with E-state index in [1.165, 1.54) is 11.7 Å². The van der Waals surface area contributed by atoms with Crippen LogP contribution in [0.1, 0.15) is 5.69 Å². The Labute approximate surface area is 146 Å². The Morgan fingerprint density at radius 3 is 2.60 bits per heavy atom. The number of rotatable bonds is 4. The van der Waals surface area contributed by atoms with Crippen LogP contribution in [0.3, 0.4) is 0 Å². The van der Waals surface area contributed by atoms with E-state index in [4.69, 9.17) is 4.74 Å². The Balaban J connectivity index is 1.61. The van der Waals surface area contributed by atoms with E-state index in [9.17, 15) is 9.59 Å². The minimum absolute atomic E-state index is 0.0265. The van der Waals surface area contributed by atoms with Gasteiger partial charge in [-0.2, -0.15) is 0 Å². The fraction of sp³-hybridized carbons (Fsp3) is 0.389. The number of ether oxygens (including phenoxy) is 1. The first kappa shape index (κ1) is 17.0. The topological polar surface area (TPSA) is 67.7 Å². The van der Waals surface area contributed by atoms with Crippen LogP contribution in [-0.4, -0.2) is 53.6 Å². The molecular weight excluding hydrogens is 320 g/mol. The smallest absolute Gasteiger partial charge is 0.293 e. The first-order valence-electron chi connectivity index (χ1n) is 8.28. The quantitative estimate of drug-likeness (QED) is 0.826. The van der Waals surface area contributed by atoms with Crippen LogP contribution in [0, 0.1) is 6.92 Å². The van der Waals surface area contributed by atoms with Crippen LogP contribution in [0.4, 0.5) is 5.82 Å². The maximum Gasteiger partial charge on any atom is 0.293 e. The van der Waals surface area contributed by atoms with Crippen molar-refractivity contribution in [3.63, 3.8) is 0 Å². The van der Waals surface area contributed by atoms with Gasteiger partial charge in [-0.25, -0.2) is 4.98 Å². The van der Waals surface area contributed by atoms with Gasteiger partial charge in [0.25, 0.3) is 5.56 Å². The number of methoxy groups -OCH3 is 1. The van der Waals surface area contributed by atoms with Crippen LogP contribution in [-0.2, 0) is 11.3 Å². The molecule has 0 radical (unpaired) electrons. The van der Waals surface area contributed by atoms with Crippen molar-refractivity contribution >= 4 is 11.7 Å². The van der Waals surface area contributed by atoms with E-state index >= 15 is 0 Å². The molecule has 0 spiro atoms. The second-order valence-corrected chi connectivity index (χ2v) is 6.01. The molecular formula is C18H22N4O3. The highest BCUT2D eigenvalue weighted by molar-refractivity contribution is 5.76. The van der Waals surface area contributed by atoms with Crippen molar-refractivity contribution in [2.45, 2.75) is 13.5 Å². The highest BCUT2D eigenvalue weighted by Crippen LogP contribution is 2.14. The third-order valence-electron chi connectivity index (χ3n) is 4.34. The number of hydrogen-bond donors (Lipinski definition) is 0. The Hall–Kier alpha value is -2.83. The van der Waals surface area contributed by atoms with Crippen molar-refractivity contribution < 1.29 is 9.53 Å². The first-order valence-corrected chi connectivity index (χ1v) is 8.28. The highest BCUT2D eigenvalue weighted by Gasteiger charge is 2.22. The van der Waals surface area contributed by atoms with Gasteiger partial charge in [-0.05, 0) is 31.2 Å². The van der Waals surface area contributed by atoms with Gasteiger partial charge in [0, 0.05) is 38.1 Å². The van der Waals surface area contributed by atoms with E-state index in [0.29, 0.717) is 13.1 Å². The molecule has 0 aliphatic carbocycles. The van der Waals surface area contributed by atoms with Crippen LogP contribution in [0.2, 0.25) is 0 Å². The summed E-state index contributed by atoms with van der Waals surface area (Å²) in [6, 6.07) is 9.24. The summed E-state index contributed by atoms with van der Waals surface area (Å²) in [4.78, 5) is 33.1. The Kier molecular flexibility index (Phi) is 5.02. The SMILES string of the molecule is COc1cccn(CC(=O)N2CCN(c3cccc(C)n3)CC2)c1=O. The zero-order valence-electron chi connectivity index (χ0n) is 14.5. The molecule has 0 unspecified atom stereocenters. The molecule has 0 atom stereocenters. The summed E-state index contributed by atoms with van der Waals surface area (Å²) in [6.07, 6.45) is 1.61. The summed E-state index contributed by atoms with van der Waals surface area (Å²) in [5.74, 6) is 1.12. The molecule has 3 rings (SSSR count). The molecule has 7 nitrogen and oxygen atoms in total. The average Bonchev–Trinajstić information content (AvgIpc) is 2.63. The molecule has 7 heteroatoms. The van der Waals surface area contributed by atoms with Crippen molar-refractivity contribution in [2.24, 2.45) is 0 Å². The number of piperazine rings is 1. The molecule has 1 amide bonds. The number of nitrogens with zero attached hydrogens (tertiary/aromatic N) is 4. The summed E-state index contributed by atoms with van der Waals surface area (Å²) >= 11 is 0. The molecule has 2 aromatic heterocycles. The minimum atomic E-state index is -0.291. The van der Waals surface area contributed by atoms with Gasteiger partial charge in [-0.3, -0.25) is 9.59 Å². The molecule has 1 aliphatic heterocycles. The van der Waals surface area contributed by atoms with Crippen LogP contribution in [0.5, 0.6) is 5.75 Å². The number of pyridine rings is 2. The van der Waals surface area contributed by atoms with E-state index in [0.717, 1.165) is 24.6 Å². The van der Waals surface area contributed by atoms with Gasteiger partial charge in [0.15, 0.2) is 5.75 Å². The Bertz CT molecular complexity index is 810. The summed E-state index contributed by atoms with van der Waals surface area (Å²) in [5.41, 5.74) is 0.689. The maximum atomic E-state index is 12.5. The standard InChI is InChI=1S/C18H22N4O3/c1-14-5-3-7-16(19-14)20-9-11-21(12-10-20)17(23)13-22-8-4-6-15(25-2)18(22)24/h3-8H,9-13H2,1-2H3. The zero-order valence-corrected chi connectivity index (χ0v) is 14.5. The van der Waals surface area contributed by atoms with Gasteiger partial charge in [0.1, 0.15) is 12.4 Å². The number of anilines is 1. The average molecular weight is 342 g/mol. The fourth-order valence-electron chi connectivity index (χ4n) is 2.93. The second-order valence-electron chi connectivity index (χ2n) is 6.01. The predicted molar refractivity (Wildman–Crippen MR) is 95.0 cm³/mol. The van der Waals surface area contributed by atoms with E-state index in [-0.39, 0.29) is 23.8 Å². The molecule has 2 aromatic rings. The number of hydrogen-bond acceptors (Lipinski definition) is 5. The minimum Gasteiger partial charge on any atom is -0.491 e. The fourth-order valence-corrected chi connectivity index (χ4v) is 2.93. The molecule has 25 heavy (non-hydrogen) atoms. The molecule has 1 saturated heterocycles. The van der Waals surface area contributed by atoms with Crippen LogP contribution >= 0.6 is 0 Å². The number of aryl methyl sites for hydroxylation is 1. The molecule has 0 aromatic carbocycles. The van der Waals surface area contributed by atoms with E-state index < -0.39 is 0 Å². The second kappa shape index (κ2) is 7.38. The largest absolute Gasteiger partial charge is 0.491 e. The number of amides is 1. The van der Waals surface area contributed by atoms with Gasteiger partial charge in [-0.15, -0.1) is 0 Å². The zero-order chi connectivity index (χ0) is 17.8. The van der Waals surface area contributed by atoms with Gasteiger partial charge in [0.2, 0.25) is 5.91 Å². The van der Waals surface area contributed by atoms with Crippen molar-refractivity contribution in [1.82, 2.24) is 14.5 Å². The molecule has 132 valence electrons. The van der Waals surface area contributed by atoms with Crippen LogP contribution < -0.4 is 15.2 Å². The molecule has 3 heterocycles. The normalized spacial score (nSPS) is 14.5. The third kappa shape index (κ3) is 3.81. The van der Waals surface area contributed by atoms with E-state index in [2.05, 4.69) is 9.88 Å². The van der Waals surface area contributed by atoms with Crippen molar-refractivity contribution in [3.8, 4) is 5.75 Å². The summed E-state index contributed by atoms with van der Waals surface area (Å²) in [5, 5.41) is 0. The predicted octanol–water partition coefficient (Wildman–Crippen LogP) is 0.909. The van der Waals surface area contributed by atoms with Crippen molar-refractivity contribution in [2.75, 3.05) is 38.2 Å². The molecule has 0 N–H and O–H groups in total. The Morgan fingerprint density at radius 1 is 1.16 bits per heavy atom. The van der Waals surface area contributed by atoms with E-state index in [1.807, 2.05) is 25.1 Å². The first-order chi connectivity index (χ1) is 12.1. The van der Waals surface area contributed by atoms with Gasteiger partial charge >= 0.3 is 0 Å².